The Morgan fingerprint density at radius 1 is 2.00 bits per heavy atom. The minimum absolute atomic E-state index is 0.113. The highest BCUT2D eigenvalue weighted by atomic mass is 16.7. The van der Waals surface area contributed by atoms with E-state index in [4.69, 9.17) is 10.2 Å². The van der Waals surface area contributed by atoms with Crippen molar-refractivity contribution >= 4 is 12.5 Å². The van der Waals surface area contributed by atoms with E-state index in [1.165, 1.54) is 6.01 Å². The first-order valence-corrected chi connectivity index (χ1v) is 1.13. The van der Waals surface area contributed by atoms with Crippen molar-refractivity contribution in [3.63, 3.8) is 0 Å². The van der Waals surface area contributed by atoms with Crippen LogP contribution in [0.15, 0.2) is 5.16 Å². The Morgan fingerprint density at radius 2 is 2.67 bits per heavy atom. The second-order valence-electron chi connectivity index (χ2n) is 0.405. The van der Waals surface area contributed by atoms with Crippen molar-refractivity contribution < 1.29 is 9.63 Å². The maximum atomic E-state index is 9.12. The minimum atomic E-state index is 0.113. The molecule has 0 rings (SSSR count). The molecule has 0 spiro atoms. The summed E-state index contributed by atoms with van der Waals surface area (Å²) in [5, 5.41) is 8.64. The summed E-state index contributed by atoms with van der Waals surface area (Å²) < 4.78 is 0. The Bertz CT molecular complexity index is 83.5. The van der Waals surface area contributed by atoms with Gasteiger partial charge in [-0.3, -0.25) is 4.79 Å². The van der Waals surface area contributed by atoms with Crippen molar-refractivity contribution in [1.82, 2.24) is 0 Å². The number of nitrogens with one attached hydrogen (secondary N) is 1. The largest absolute Gasteiger partial charge is 0.324 e. The standard InChI is InChI=1S/C2H2N2O2/c3-1-4-6-2-5/h2-3H. The minimum Gasteiger partial charge on any atom is -0.312 e. The SMILES string of the molecule is N=C=NOC=O. The number of hydrogen-bond donors (Lipinski definition) is 1. The number of nitrogens with zero attached hydrogens (tertiary/aromatic N) is 1. The molecule has 0 saturated heterocycles. The van der Waals surface area contributed by atoms with Gasteiger partial charge >= 0.3 is 6.47 Å². The van der Waals surface area contributed by atoms with Gasteiger partial charge in [0, 0.05) is 0 Å². The van der Waals surface area contributed by atoms with Crippen LogP contribution in [0, 0.1) is 5.41 Å². The van der Waals surface area contributed by atoms with Gasteiger partial charge in [0.1, 0.15) is 6.01 Å². The molecule has 0 aromatic rings. The van der Waals surface area contributed by atoms with E-state index in [1.54, 1.807) is 0 Å². The lowest BCUT2D eigenvalue weighted by Gasteiger charge is -1.67. The summed E-state index contributed by atoms with van der Waals surface area (Å²) in [7, 11) is 0. The molecule has 0 heterocycles. The molecule has 32 valence electrons. The van der Waals surface area contributed by atoms with Crippen LogP contribution in [-0.2, 0) is 9.63 Å². The van der Waals surface area contributed by atoms with Gasteiger partial charge in [-0.15, -0.1) is 0 Å². The molecule has 0 atom stereocenters. The third-order valence-electron chi connectivity index (χ3n) is 0.141. The van der Waals surface area contributed by atoms with E-state index in [0.29, 0.717) is 0 Å². The molecule has 0 amide bonds. The Hall–Kier alpha value is -1.15. The van der Waals surface area contributed by atoms with Crippen LogP contribution in [0.4, 0.5) is 0 Å². The van der Waals surface area contributed by atoms with Gasteiger partial charge in [0.25, 0.3) is 0 Å². The highest BCUT2D eigenvalue weighted by Gasteiger charge is 1.58. The first-order valence-electron chi connectivity index (χ1n) is 1.13. The molecule has 0 aliphatic heterocycles. The Balaban J connectivity index is 3.07. The van der Waals surface area contributed by atoms with Gasteiger partial charge in [-0.05, 0) is 5.16 Å². The van der Waals surface area contributed by atoms with E-state index >= 15 is 0 Å². The average molecular weight is 86.0 g/mol. The lowest BCUT2D eigenvalue weighted by Crippen LogP contribution is -1.69. The zero-order valence-corrected chi connectivity index (χ0v) is 2.84. The fourth-order valence-corrected chi connectivity index (χ4v) is 0.0479. The van der Waals surface area contributed by atoms with E-state index in [0.717, 1.165) is 0 Å². The molecule has 0 bridgehead atoms. The van der Waals surface area contributed by atoms with Crippen molar-refractivity contribution in [3.05, 3.63) is 0 Å². The molecule has 0 radical (unpaired) electrons. The fraction of sp³-hybridized carbons (Fsp3) is 0. The summed E-state index contributed by atoms with van der Waals surface area (Å²) >= 11 is 0. The molecular weight excluding hydrogens is 84.0 g/mol. The van der Waals surface area contributed by atoms with Gasteiger partial charge in [-0.2, -0.15) is 0 Å². The second kappa shape index (κ2) is 3.85. The van der Waals surface area contributed by atoms with E-state index in [1.807, 2.05) is 0 Å². The quantitative estimate of drug-likeness (QED) is 0.219. The summed E-state index contributed by atoms with van der Waals surface area (Å²) in [5.41, 5.74) is 0. The van der Waals surface area contributed by atoms with Crippen LogP contribution in [0.25, 0.3) is 0 Å². The zero-order valence-electron chi connectivity index (χ0n) is 2.84. The maximum Gasteiger partial charge on any atom is 0.324 e. The molecule has 0 saturated carbocycles. The normalized spacial score (nSPS) is 5.33. The summed E-state index contributed by atoms with van der Waals surface area (Å²) in [4.78, 5) is 12.8. The van der Waals surface area contributed by atoms with Crippen molar-refractivity contribution in [3.8, 4) is 0 Å². The van der Waals surface area contributed by atoms with E-state index in [9.17, 15) is 0 Å². The fourth-order valence-electron chi connectivity index (χ4n) is 0.0479. The molecule has 0 unspecified atom stereocenters. The molecule has 0 aromatic carbocycles. The molecule has 4 heteroatoms. The summed E-state index contributed by atoms with van der Waals surface area (Å²) in [6.45, 7) is 0.113. The van der Waals surface area contributed by atoms with Crippen molar-refractivity contribution in [1.29, 1.82) is 5.41 Å². The van der Waals surface area contributed by atoms with Crippen molar-refractivity contribution in [2.75, 3.05) is 0 Å². The number of hydrogen-bond acceptors (Lipinski definition) is 4. The van der Waals surface area contributed by atoms with Crippen LogP contribution in [-0.4, -0.2) is 12.5 Å². The van der Waals surface area contributed by atoms with Crippen LogP contribution in [0.1, 0.15) is 0 Å². The first-order chi connectivity index (χ1) is 2.91. The topological polar surface area (TPSA) is 62.5 Å². The van der Waals surface area contributed by atoms with Gasteiger partial charge in [0.05, 0.1) is 0 Å². The smallest absolute Gasteiger partial charge is 0.312 e. The van der Waals surface area contributed by atoms with Crippen LogP contribution in [0.3, 0.4) is 0 Å². The summed E-state index contributed by atoms with van der Waals surface area (Å²) in [6, 6.07) is 1.49. The van der Waals surface area contributed by atoms with E-state index in [2.05, 4.69) is 9.99 Å². The molecule has 0 aliphatic carbocycles. The number of carbonyl (C=O) groups is 1. The van der Waals surface area contributed by atoms with Crippen molar-refractivity contribution in [2.45, 2.75) is 0 Å². The predicted molar refractivity (Wildman–Crippen MR) is 17.3 cm³/mol. The van der Waals surface area contributed by atoms with Crippen LogP contribution >= 0.6 is 0 Å². The van der Waals surface area contributed by atoms with Gasteiger partial charge in [-0.25, -0.2) is 5.41 Å². The zero-order chi connectivity index (χ0) is 4.83. The van der Waals surface area contributed by atoms with Gasteiger partial charge in [-0.1, -0.05) is 0 Å². The third-order valence-corrected chi connectivity index (χ3v) is 0.141. The van der Waals surface area contributed by atoms with Crippen molar-refractivity contribution in [2.24, 2.45) is 5.16 Å². The lowest BCUT2D eigenvalue weighted by molar-refractivity contribution is -0.128. The predicted octanol–water partition coefficient (Wildman–Crippen LogP) is -0.173. The average Bonchev–Trinajstić information content (AvgIpc) is 1.61. The molecule has 1 N–H and O–H groups in total. The Kier molecular flexibility index (Phi) is 3.11. The summed E-state index contributed by atoms with van der Waals surface area (Å²) in [5.74, 6) is 0. The third kappa shape index (κ3) is 2.85. The molecule has 6 heavy (non-hydrogen) atoms. The lowest BCUT2D eigenvalue weighted by atomic mass is 11.5. The molecule has 0 fully saturated rings. The van der Waals surface area contributed by atoms with Gasteiger partial charge < -0.3 is 4.84 Å². The van der Waals surface area contributed by atoms with Crippen LogP contribution in [0.5, 0.6) is 0 Å². The summed E-state index contributed by atoms with van der Waals surface area (Å²) in [6.07, 6.45) is 0. The van der Waals surface area contributed by atoms with Gasteiger partial charge in [0.2, 0.25) is 0 Å². The van der Waals surface area contributed by atoms with Crippen LogP contribution < -0.4 is 0 Å². The molecular formula is C2H2N2O2. The Morgan fingerprint density at radius 3 is 2.83 bits per heavy atom. The molecule has 4 nitrogen and oxygen atoms in total. The Labute approximate surface area is 33.9 Å². The highest BCUT2D eigenvalue weighted by Crippen LogP contribution is 1.55. The highest BCUT2D eigenvalue weighted by molar-refractivity contribution is 5.40. The van der Waals surface area contributed by atoms with E-state index < -0.39 is 0 Å². The first kappa shape index (κ1) is 4.85. The maximum absolute atomic E-state index is 9.12. The number of carbonyl (C=O) groups excluding carboxylic acids is 1. The van der Waals surface area contributed by atoms with Crippen LogP contribution in [0.2, 0.25) is 0 Å². The molecule has 0 aromatic heterocycles. The number of rotatable bonds is 2. The van der Waals surface area contributed by atoms with Gasteiger partial charge in [0.15, 0.2) is 0 Å². The van der Waals surface area contributed by atoms with E-state index in [-0.39, 0.29) is 6.47 Å². The second-order valence-corrected chi connectivity index (χ2v) is 0.405. The molecule has 0 aliphatic rings. The monoisotopic (exact) mass is 86.0 g/mol.